The number of hydrogen-bond donors (Lipinski definition) is 0. The monoisotopic (exact) mass is 283 g/mol. The molecule has 0 aliphatic carbocycles. The van der Waals surface area contributed by atoms with E-state index < -0.39 is 0 Å². The number of hydrogen-bond acceptors (Lipinski definition) is 3. The fourth-order valence-corrected chi connectivity index (χ4v) is 2.37. The van der Waals surface area contributed by atoms with E-state index in [0.29, 0.717) is 11.0 Å². The van der Waals surface area contributed by atoms with Gasteiger partial charge in [0.2, 0.25) is 0 Å². The molecule has 0 spiro atoms. The van der Waals surface area contributed by atoms with Crippen LogP contribution in [0.3, 0.4) is 0 Å². The molecular formula is C16H14ClN3. The van der Waals surface area contributed by atoms with E-state index >= 15 is 0 Å². The van der Waals surface area contributed by atoms with E-state index in [1.807, 2.05) is 43.3 Å². The number of aryl methyl sites for hydroxylation is 1. The minimum absolute atomic E-state index is 0.502. The van der Waals surface area contributed by atoms with Gasteiger partial charge in [-0.3, -0.25) is 0 Å². The van der Waals surface area contributed by atoms with Crippen molar-refractivity contribution in [2.45, 2.75) is 20.3 Å². The second-order valence-electron chi connectivity index (χ2n) is 4.65. The molecule has 4 heteroatoms. The van der Waals surface area contributed by atoms with Crippen molar-refractivity contribution in [2.75, 3.05) is 0 Å². The third-order valence-electron chi connectivity index (χ3n) is 3.35. The standard InChI is InChI=1S/C16H14ClN3/c1-3-12-10(2)15(17)20-16(19-12)14-9-8-11-6-4-5-7-13(11)18-14/h4-9H,3H2,1-2H3. The van der Waals surface area contributed by atoms with E-state index in [4.69, 9.17) is 11.6 Å². The molecule has 0 amide bonds. The molecule has 2 heterocycles. The minimum Gasteiger partial charge on any atom is -0.244 e. The number of fused-ring (bicyclic) bond motifs is 1. The lowest BCUT2D eigenvalue weighted by Crippen LogP contribution is -2.00. The summed E-state index contributed by atoms with van der Waals surface area (Å²) in [5, 5.41) is 1.60. The van der Waals surface area contributed by atoms with Gasteiger partial charge in [0.1, 0.15) is 10.8 Å². The van der Waals surface area contributed by atoms with Crippen LogP contribution in [0.15, 0.2) is 36.4 Å². The predicted molar refractivity (Wildman–Crippen MR) is 81.9 cm³/mol. The molecule has 0 aliphatic rings. The van der Waals surface area contributed by atoms with E-state index in [-0.39, 0.29) is 0 Å². The van der Waals surface area contributed by atoms with Crippen LogP contribution >= 0.6 is 11.6 Å². The van der Waals surface area contributed by atoms with Gasteiger partial charge in [-0.15, -0.1) is 0 Å². The Morgan fingerprint density at radius 3 is 2.60 bits per heavy atom. The van der Waals surface area contributed by atoms with Crippen molar-refractivity contribution in [1.29, 1.82) is 0 Å². The SMILES string of the molecule is CCc1nc(-c2ccc3ccccc3n2)nc(Cl)c1C. The molecule has 0 saturated carbocycles. The Bertz CT molecular complexity index is 784. The molecule has 20 heavy (non-hydrogen) atoms. The molecule has 3 rings (SSSR count). The summed E-state index contributed by atoms with van der Waals surface area (Å²) in [7, 11) is 0. The molecule has 2 aromatic heterocycles. The molecule has 0 unspecified atom stereocenters. The summed E-state index contributed by atoms with van der Waals surface area (Å²) >= 11 is 6.19. The van der Waals surface area contributed by atoms with Crippen molar-refractivity contribution in [3.8, 4) is 11.5 Å². The van der Waals surface area contributed by atoms with Crippen LogP contribution in [0, 0.1) is 6.92 Å². The number of aromatic nitrogens is 3. The van der Waals surface area contributed by atoms with Gasteiger partial charge in [-0.05, 0) is 25.5 Å². The second-order valence-corrected chi connectivity index (χ2v) is 5.01. The maximum atomic E-state index is 6.19. The van der Waals surface area contributed by atoms with E-state index in [9.17, 15) is 0 Å². The molecule has 0 N–H and O–H groups in total. The fraction of sp³-hybridized carbons (Fsp3) is 0.188. The fourth-order valence-electron chi connectivity index (χ4n) is 2.18. The van der Waals surface area contributed by atoms with Crippen molar-refractivity contribution in [2.24, 2.45) is 0 Å². The summed E-state index contributed by atoms with van der Waals surface area (Å²) in [6.07, 6.45) is 0.828. The Morgan fingerprint density at radius 2 is 1.80 bits per heavy atom. The van der Waals surface area contributed by atoms with Crippen molar-refractivity contribution in [1.82, 2.24) is 15.0 Å². The second kappa shape index (κ2) is 5.17. The van der Waals surface area contributed by atoms with Crippen LogP contribution in [0.25, 0.3) is 22.4 Å². The van der Waals surface area contributed by atoms with E-state index in [2.05, 4.69) is 21.9 Å². The minimum atomic E-state index is 0.502. The smallest absolute Gasteiger partial charge is 0.179 e. The zero-order valence-electron chi connectivity index (χ0n) is 11.4. The molecule has 0 radical (unpaired) electrons. The molecule has 0 atom stereocenters. The first kappa shape index (κ1) is 13.0. The zero-order valence-corrected chi connectivity index (χ0v) is 12.1. The van der Waals surface area contributed by atoms with Crippen LogP contribution in [0.1, 0.15) is 18.2 Å². The highest BCUT2D eigenvalue weighted by Gasteiger charge is 2.11. The number of rotatable bonds is 2. The first-order chi connectivity index (χ1) is 9.69. The van der Waals surface area contributed by atoms with Gasteiger partial charge in [-0.25, -0.2) is 15.0 Å². The Hall–Kier alpha value is -2.00. The van der Waals surface area contributed by atoms with Crippen molar-refractivity contribution in [3.63, 3.8) is 0 Å². The molecule has 0 saturated heterocycles. The predicted octanol–water partition coefficient (Wildman–Crippen LogP) is 4.22. The third-order valence-corrected chi connectivity index (χ3v) is 3.72. The highest BCUT2D eigenvalue weighted by atomic mass is 35.5. The van der Waals surface area contributed by atoms with E-state index in [0.717, 1.165) is 34.3 Å². The van der Waals surface area contributed by atoms with Gasteiger partial charge in [0, 0.05) is 16.6 Å². The van der Waals surface area contributed by atoms with E-state index in [1.165, 1.54) is 0 Å². The lowest BCUT2D eigenvalue weighted by atomic mass is 10.2. The molecule has 0 bridgehead atoms. The molecule has 1 aromatic carbocycles. The number of para-hydroxylation sites is 1. The van der Waals surface area contributed by atoms with Gasteiger partial charge in [0.25, 0.3) is 0 Å². The molecule has 3 nitrogen and oxygen atoms in total. The first-order valence-electron chi connectivity index (χ1n) is 6.58. The molecular weight excluding hydrogens is 270 g/mol. The topological polar surface area (TPSA) is 38.7 Å². The van der Waals surface area contributed by atoms with Crippen LogP contribution < -0.4 is 0 Å². The van der Waals surface area contributed by atoms with Crippen LogP contribution in [0.2, 0.25) is 5.15 Å². The van der Waals surface area contributed by atoms with Gasteiger partial charge >= 0.3 is 0 Å². The summed E-state index contributed by atoms with van der Waals surface area (Å²) in [5.41, 5.74) is 3.59. The molecule has 3 aromatic rings. The van der Waals surface area contributed by atoms with Crippen molar-refractivity contribution < 1.29 is 0 Å². The average molecular weight is 284 g/mol. The number of benzene rings is 1. The van der Waals surface area contributed by atoms with Crippen molar-refractivity contribution in [3.05, 3.63) is 52.8 Å². The Kier molecular flexibility index (Phi) is 3.36. The van der Waals surface area contributed by atoms with E-state index in [1.54, 1.807) is 0 Å². The third kappa shape index (κ3) is 2.25. The molecule has 100 valence electrons. The number of nitrogens with zero attached hydrogens (tertiary/aromatic N) is 3. The highest BCUT2D eigenvalue weighted by Crippen LogP contribution is 2.23. The van der Waals surface area contributed by atoms with Gasteiger partial charge in [0.15, 0.2) is 5.82 Å². The molecule has 0 fully saturated rings. The maximum Gasteiger partial charge on any atom is 0.179 e. The summed E-state index contributed by atoms with van der Waals surface area (Å²) in [5.74, 6) is 0.586. The van der Waals surface area contributed by atoms with Gasteiger partial charge in [-0.2, -0.15) is 0 Å². The highest BCUT2D eigenvalue weighted by molar-refractivity contribution is 6.30. The van der Waals surface area contributed by atoms with Gasteiger partial charge < -0.3 is 0 Å². The van der Waals surface area contributed by atoms with Crippen LogP contribution in [0.4, 0.5) is 0 Å². The Morgan fingerprint density at radius 1 is 1.00 bits per heavy atom. The van der Waals surface area contributed by atoms with Crippen LogP contribution in [0.5, 0.6) is 0 Å². The lowest BCUT2D eigenvalue weighted by molar-refractivity contribution is 0.972. The summed E-state index contributed by atoms with van der Waals surface area (Å²) < 4.78 is 0. The number of halogens is 1. The van der Waals surface area contributed by atoms with Crippen LogP contribution in [-0.4, -0.2) is 15.0 Å². The average Bonchev–Trinajstić information content (AvgIpc) is 2.49. The first-order valence-corrected chi connectivity index (χ1v) is 6.96. The largest absolute Gasteiger partial charge is 0.244 e. The summed E-state index contributed by atoms with van der Waals surface area (Å²) in [6.45, 7) is 4.00. The van der Waals surface area contributed by atoms with Crippen molar-refractivity contribution >= 4 is 22.5 Å². The maximum absolute atomic E-state index is 6.19. The summed E-state index contributed by atoms with van der Waals surface area (Å²) in [6, 6.07) is 11.9. The normalized spacial score (nSPS) is 10.9. The van der Waals surface area contributed by atoms with Gasteiger partial charge in [-0.1, -0.05) is 42.8 Å². The Labute approximate surface area is 122 Å². The lowest BCUT2D eigenvalue weighted by Gasteiger charge is -2.07. The Balaban J connectivity index is 2.17. The molecule has 0 aliphatic heterocycles. The van der Waals surface area contributed by atoms with Gasteiger partial charge in [0.05, 0.1) is 5.52 Å². The van der Waals surface area contributed by atoms with Crippen LogP contribution in [-0.2, 0) is 6.42 Å². The number of pyridine rings is 1. The summed E-state index contributed by atoms with van der Waals surface area (Å²) in [4.78, 5) is 13.5. The zero-order chi connectivity index (χ0) is 14.1. The quantitative estimate of drug-likeness (QED) is 0.661.